The first-order valence-corrected chi connectivity index (χ1v) is 10.8. The van der Waals surface area contributed by atoms with Gasteiger partial charge in [0.1, 0.15) is 0 Å². The molecule has 5 rings (SSSR count). The Labute approximate surface area is 168 Å². The molecule has 144 valence electrons. The Bertz CT molecular complexity index is 1030. The van der Waals surface area contributed by atoms with Gasteiger partial charge in [-0.15, -0.1) is 0 Å². The Hall–Kier alpha value is -2.54. The largest absolute Gasteiger partial charge is 0.302 e. The number of anilines is 1. The number of amides is 1. The van der Waals surface area contributed by atoms with E-state index in [1.165, 1.54) is 50.3 Å². The summed E-state index contributed by atoms with van der Waals surface area (Å²) in [5, 5.41) is 8.64. The van der Waals surface area contributed by atoms with E-state index < -0.39 is 0 Å². The Morgan fingerprint density at radius 3 is 2.82 bits per heavy atom. The zero-order chi connectivity index (χ0) is 19.3. The topological polar surface area (TPSA) is 72.7 Å². The summed E-state index contributed by atoms with van der Waals surface area (Å²) in [5.74, 6) is 0.0634. The van der Waals surface area contributed by atoms with Gasteiger partial charge in [-0.1, -0.05) is 37.5 Å². The minimum atomic E-state index is -0.0860. The zero-order valence-electron chi connectivity index (χ0n) is 16.1. The third-order valence-corrected chi connectivity index (χ3v) is 6.79. The molecule has 1 amide bonds. The highest BCUT2D eigenvalue weighted by atomic mass is 32.1. The molecule has 0 aromatic carbocycles. The van der Waals surface area contributed by atoms with Crippen molar-refractivity contribution >= 4 is 22.4 Å². The first-order valence-electron chi connectivity index (χ1n) is 9.95. The third-order valence-electron chi connectivity index (χ3n) is 5.80. The summed E-state index contributed by atoms with van der Waals surface area (Å²) in [6.07, 6.45) is 9.84. The fourth-order valence-corrected chi connectivity index (χ4v) is 5.68. The quantitative estimate of drug-likeness (QED) is 0.680. The van der Waals surface area contributed by atoms with Crippen molar-refractivity contribution < 1.29 is 4.79 Å². The molecule has 1 N–H and O–H groups in total. The van der Waals surface area contributed by atoms with Crippen LogP contribution in [0.2, 0.25) is 0 Å². The Balaban J connectivity index is 1.68. The fraction of sp³-hybridized carbons (Fsp3) is 0.429. The molecule has 6 nitrogen and oxygen atoms in total. The van der Waals surface area contributed by atoms with Gasteiger partial charge in [-0.3, -0.25) is 14.5 Å². The summed E-state index contributed by atoms with van der Waals surface area (Å²) in [5.41, 5.74) is 5.57. The van der Waals surface area contributed by atoms with E-state index in [4.69, 9.17) is 10.1 Å². The number of rotatable bonds is 3. The van der Waals surface area contributed by atoms with Gasteiger partial charge in [0.2, 0.25) is 5.91 Å². The predicted octanol–water partition coefficient (Wildman–Crippen LogP) is 5.00. The zero-order valence-corrected chi connectivity index (χ0v) is 16.9. The van der Waals surface area contributed by atoms with Crippen molar-refractivity contribution in [3.63, 3.8) is 0 Å². The number of thiazole rings is 1. The standard InChI is InChI=1S/C21H23N5OS/c1-12-16-18(14-7-6-10-22-11-14)25-26(15-8-4-3-5-9-15)19(16)20-17(12)24-21(28-20)23-13(2)27/h6-7,10-12,15H,3-5,8-9H2,1-2H3,(H,23,24,27). The molecule has 0 aliphatic heterocycles. The van der Waals surface area contributed by atoms with Crippen molar-refractivity contribution in [1.29, 1.82) is 0 Å². The van der Waals surface area contributed by atoms with Crippen LogP contribution in [0.1, 0.15) is 69.2 Å². The van der Waals surface area contributed by atoms with Crippen LogP contribution in [0.15, 0.2) is 24.5 Å². The van der Waals surface area contributed by atoms with Crippen LogP contribution in [0.25, 0.3) is 21.8 Å². The van der Waals surface area contributed by atoms with E-state index in [1.807, 2.05) is 12.3 Å². The maximum Gasteiger partial charge on any atom is 0.223 e. The SMILES string of the molecule is CC(=O)Nc1nc2c(s1)-c1c(c(-c3cccnc3)nn1C1CCCCC1)C2C. The van der Waals surface area contributed by atoms with Crippen LogP contribution in [0, 0.1) is 0 Å². The molecule has 2 aliphatic carbocycles. The molecule has 0 spiro atoms. The summed E-state index contributed by atoms with van der Waals surface area (Å²) in [4.78, 5) is 21.7. The van der Waals surface area contributed by atoms with Gasteiger partial charge in [-0.25, -0.2) is 4.98 Å². The molecule has 1 fully saturated rings. The molecule has 1 atom stereocenters. The smallest absolute Gasteiger partial charge is 0.223 e. The highest BCUT2D eigenvalue weighted by molar-refractivity contribution is 7.19. The first-order chi connectivity index (χ1) is 13.6. The number of fused-ring (bicyclic) bond motifs is 3. The number of aromatic nitrogens is 4. The molecular weight excluding hydrogens is 370 g/mol. The minimum Gasteiger partial charge on any atom is -0.302 e. The normalized spacial score (nSPS) is 18.7. The van der Waals surface area contributed by atoms with Gasteiger partial charge in [0.25, 0.3) is 0 Å². The maximum absolute atomic E-state index is 11.5. The van der Waals surface area contributed by atoms with E-state index >= 15 is 0 Å². The number of hydrogen-bond acceptors (Lipinski definition) is 5. The van der Waals surface area contributed by atoms with Crippen LogP contribution < -0.4 is 5.32 Å². The Morgan fingerprint density at radius 1 is 1.29 bits per heavy atom. The molecule has 0 bridgehead atoms. The molecular formula is C21H23N5OS. The molecule has 3 aromatic rings. The molecule has 1 unspecified atom stereocenters. The molecule has 1 saturated carbocycles. The van der Waals surface area contributed by atoms with Crippen molar-refractivity contribution in [3.8, 4) is 21.8 Å². The van der Waals surface area contributed by atoms with E-state index in [1.54, 1.807) is 17.5 Å². The van der Waals surface area contributed by atoms with Crippen molar-refractivity contribution in [2.45, 2.75) is 57.9 Å². The number of nitrogens with one attached hydrogen (secondary N) is 1. The van der Waals surface area contributed by atoms with Gasteiger partial charge in [-0.2, -0.15) is 5.10 Å². The second-order valence-electron chi connectivity index (χ2n) is 7.73. The molecule has 2 aliphatic rings. The summed E-state index contributed by atoms with van der Waals surface area (Å²) >= 11 is 1.56. The van der Waals surface area contributed by atoms with Gasteiger partial charge in [-0.05, 0) is 25.0 Å². The monoisotopic (exact) mass is 393 g/mol. The third kappa shape index (κ3) is 2.76. The Morgan fingerprint density at radius 2 is 2.11 bits per heavy atom. The number of nitrogens with zero attached hydrogens (tertiary/aromatic N) is 4. The molecule has 0 saturated heterocycles. The lowest BCUT2D eigenvalue weighted by atomic mass is 9.95. The number of carbonyl (C=O) groups excluding carboxylic acids is 1. The van der Waals surface area contributed by atoms with E-state index in [9.17, 15) is 4.79 Å². The van der Waals surface area contributed by atoms with E-state index in [2.05, 4.69) is 28.0 Å². The summed E-state index contributed by atoms with van der Waals surface area (Å²) < 4.78 is 2.26. The fourth-order valence-electron chi connectivity index (χ4n) is 4.53. The van der Waals surface area contributed by atoms with Crippen molar-refractivity contribution in [1.82, 2.24) is 19.7 Å². The lowest BCUT2D eigenvalue weighted by Crippen LogP contribution is -2.15. The van der Waals surface area contributed by atoms with E-state index in [-0.39, 0.29) is 11.8 Å². The maximum atomic E-state index is 11.5. The number of carbonyl (C=O) groups is 1. The lowest BCUT2D eigenvalue weighted by molar-refractivity contribution is -0.114. The first kappa shape index (κ1) is 17.6. The molecule has 28 heavy (non-hydrogen) atoms. The highest BCUT2D eigenvalue weighted by Crippen LogP contribution is 2.53. The van der Waals surface area contributed by atoms with Crippen LogP contribution in [-0.4, -0.2) is 25.7 Å². The average Bonchev–Trinajstić information content (AvgIpc) is 3.35. The average molecular weight is 394 g/mol. The van der Waals surface area contributed by atoms with Crippen LogP contribution in [-0.2, 0) is 4.79 Å². The van der Waals surface area contributed by atoms with Crippen LogP contribution in [0.4, 0.5) is 5.13 Å². The van der Waals surface area contributed by atoms with Gasteiger partial charge >= 0.3 is 0 Å². The second-order valence-corrected chi connectivity index (χ2v) is 8.72. The summed E-state index contributed by atoms with van der Waals surface area (Å²) in [6.45, 7) is 3.71. The number of hydrogen-bond donors (Lipinski definition) is 1. The predicted molar refractivity (Wildman–Crippen MR) is 111 cm³/mol. The second kappa shape index (κ2) is 6.81. The van der Waals surface area contributed by atoms with Crippen molar-refractivity contribution in [3.05, 3.63) is 35.8 Å². The lowest BCUT2D eigenvalue weighted by Gasteiger charge is -2.23. The van der Waals surface area contributed by atoms with Gasteiger partial charge < -0.3 is 5.32 Å². The summed E-state index contributed by atoms with van der Waals surface area (Å²) in [6, 6.07) is 4.47. The highest BCUT2D eigenvalue weighted by Gasteiger charge is 2.38. The van der Waals surface area contributed by atoms with Crippen LogP contribution in [0.3, 0.4) is 0 Å². The van der Waals surface area contributed by atoms with E-state index in [0.717, 1.165) is 21.8 Å². The van der Waals surface area contributed by atoms with Crippen molar-refractivity contribution in [2.24, 2.45) is 0 Å². The van der Waals surface area contributed by atoms with Crippen molar-refractivity contribution in [2.75, 3.05) is 5.32 Å². The van der Waals surface area contributed by atoms with Gasteiger partial charge in [0.05, 0.1) is 28.0 Å². The molecule has 7 heteroatoms. The summed E-state index contributed by atoms with van der Waals surface area (Å²) in [7, 11) is 0. The van der Waals surface area contributed by atoms with Gasteiger partial charge in [0.15, 0.2) is 5.13 Å². The van der Waals surface area contributed by atoms with Crippen LogP contribution >= 0.6 is 11.3 Å². The molecule has 3 aromatic heterocycles. The molecule has 0 radical (unpaired) electrons. The minimum absolute atomic E-state index is 0.0860. The van der Waals surface area contributed by atoms with E-state index in [0.29, 0.717) is 11.2 Å². The molecule has 3 heterocycles. The van der Waals surface area contributed by atoms with Gasteiger partial charge in [0, 0.05) is 36.4 Å². The number of pyridine rings is 1. The Kier molecular flexibility index (Phi) is 4.27. The van der Waals surface area contributed by atoms with Crippen LogP contribution in [0.5, 0.6) is 0 Å².